The summed E-state index contributed by atoms with van der Waals surface area (Å²) in [6.45, 7) is 4.25. The van der Waals surface area contributed by atoms with Gasteiger partial charge in [0.1, 0.15) is 0 Å². The lowest BCUT2D eigenvalue weighted by Gasteiger charge is -2.12. The van der Waals surface area contributed by atoms with Gasteiger partial charge in [-0.25, -0.2) is 0 Å². The average Bonchev–Trinajstić information content (AvgIpc) is 2.28. The number of unbranched alkanes of at least 4 members (excludes halogenated alkanes) is 2. The molecule has 90 valence electrons. The first-order chi connectivity index (χ1) is 7.61. The van der Waals surface area contributed by atoms with Gasteiger partial charge in [-0.1, -0.05) is 61.5 Å². The van der Waals surface area contributed by atoms with Gasteiger partial charge in [-0.15, -0.1) is 0 Å². The second-order valence-electron chi connectivity index (χ2n) is 3.93. The highest BCUT2D eigenvalue weighted by Gasteiger charge is 2.13. The van der Waals surface area contributed by atoms with Crippen molar-refractivity contribution in [1.29, 1.82) is 0 Å². The summed E-state index contributed by atoms with van der Waals surface area (Å²) in [4.78, 5) is 0. The molecule has 0 aromatic heterocycles. The molecule has 0 aliphatic rings. The summed E-state index contributed by atoms with van der Waals surface area (Å²) in [5, 5.41) is 2.04. The summed E-state index contributed by atoms with van der Waals surface area (Å²) in [7, 11) is 0. The van der Waals surface area contributed by atoms with Gasteiger partial charge in [0.25, 0.3) is 0 Å². The van der Waals surface area contributed by atoms with Crippen molar-refractivity contribution in [3.8, 4) is 0 Å². The van der Waals surface area contributed by atoms with Crippen LogP contribution >= 0.6 is 34.8 Å². The summed E-state index contributed by atoms with van der Waals surface area (Å²) in [6, 6.07) is 1.87. The third-order valence-corrected chi connectivity index (χ3v) is 4.03. The van der Waals surface area contributed by atoms with E-state index in [0.717, 1.165) is 35.4 Å². The van der Waals surface area contributed by atoms with Crippen molar-refractivity contribution in [2.75, 3.05) is 0 Å². The molecule has 0 heterocycles. The van der Waals surface area contributed by atoms with Crippen molar-refractivity contribution in [1.82, 2.24) is 0 Å². The molecule has 1 aromatic rings. The quantitative estimate of drug-likeness (QED) is 0.462. The lowest BCUT2D eigenvalue weighted by atomic mass is 10.0. The first-order valence-electron chi connectivity index (χ1n) is 5.77. The van der Waals surface area contributed by atoms with Crippen molar-refractivity contribution >= 4 is 34.8 Å². The Morgan fingerprint density at radius 3 is 2.25 bits per heavy atom. The molecule has 0 radical (unpaired) electrons. The zero-order valence-corrected chi connectivity index (χ0v) is 12.0. The van der Waals surface area contributed by atoms with Crippen LogP contribution in [0, 0.1) is 0 Å². The Morgan fingerprint density at radius 1 is 1.00 bits per heavy atom. The molecule has 0 fully saturated rings. The fourth-order valence-corrected chi connectivity index (χ4v) is 2.66. The highest BCUT2D eigenvalue weighted by molar-refractivity contribution is 6.44. The minimum Gasteiger partial charge on any atom is -0.0837 e. The maximum Gasteiger partial charge on any atom is 0.0639 e. The van der Waals surface area contributed by atoms with E-state index in [-0.39, 0.29) is 0 Å². The largest absolute Gasteiger partial charge is 0.0837 e. The molecular formula is C13H17Cl3. The number of benzene rings is 1. The number of aryl methyl sites for hydroxylation is 1. The van der Waals surface area contributed by atoms with Crippen LogP contribution in [0.5, 0.6) is 0 Å². The van der Waals surface area contributed by atoms with Crippen molar-refractivity contribution in [2.24, 2.45) is 0 Å². The molecule has 0 aliphatic carbocycles. The Kier molecular flexibility index (Phi) is 5.96. The van der Waals surface area contributed by atoms with Crippen LogP contribution in [0.15, 0.2) is 6.07 Å². The van der Waals surface area contributed by atoms with Gasteiger partial charge in [-0.2, -0.15) is 0 Å². The van der Waals surface area contributed by atoms with E-state index in [1.165, 1.54) is 12.8 Å². The summed E-state index contributed by atoms with van der Waals surface area (Å²) in [5.74, 6) is 0. The van der Waals surface area contributed by atoms with E-state index in [4.69, 9.17) is 34.8 Å². The first-order valence-corrected chi connectivity index (χ1v) is 6.90. The van der Waals surface area contributed by atoms with E-state index in [1.807, 2.05) is 6.07 Å². The van der Waals surface area contributed by atoms with Crippen molar-refractivity contribution in [2.45, 2.75) is 46.0 Å². The van der Waals surface area contributed by atoms with Crippen molar-refractivity contribution < 1.29 is 0 Å². The third-order valence-electron chi connectivity index (χ3n) is 2.73. The molecule has 0 saturated carbocycles. The van der Waals surface area contributed by atoms with E-state index < -0.39 is 0 Å². The predicted molar refractivity (Wildman–Crippen MR) is 74.1 cm³/mol. The van der Waals surface area contributed by atoms with Gasteiger partial charge in [0, 0.05) is 5.02 Å². The molecule has 3 heteroatoms. The van der Waals surface area contributed by atoms with Crippen LogP contribution < -0.4 is 0 Å². The highest BCUT2D eigenvalue weighted by Crippen LogP contribution is 2.35. The average molecular weight is 280 g/mol. The molecule has 1 rings (SSSR count). The topological polar surface area (TPSA) is 0 Å². The summed E-state index contributed by atoms with van der Waals surface area (Å²) in [6.07, 6.45) is 5.30. The van der Waals surface area contributed by atoms with E-state index in [9.17, 15) is 0 Å². The van der Waals surface area contributed by atoms with E-state index in [0.29, 0.717) is 10.0 Å². The number of hydrogen-bond donors (Lipinski definition) is 0. The minimum absolute atomic E-state index is 0.620. The summed E-state index contributed by atoms with van der Waals surface area (Å²) < 4.78 is 0. The summed E-state index contributed by atoms with van der Waals surface area (Å²) >= 11 is 18.6. The lowest BCUT2D eigenvalue weighted by molar-refractivity contribution is 0.717. The highest BCUT2D eigenvalue weighted by atomic mass is 35.5. The Morgan fingerprint density at radius 2 is 1.69 bits per heavy atom. The van der Waals surface area contributed by atoms with Crippen LogP contribution in [0.25, 0.3) is 0 Å². The second kappa shape index (κ2) is 6.74. The molecule has 0 atom stereocenters. The van der Waals surface area contributed by atoms with Gasteiger partial charge >= 0.3 is 0 Å². The zero-order chi connectivity index (χ0) is 12.1. The second-order valence-corrected chi connectivity index (χ2v) is 5.10. The molecule has 0 amide bonds. The Balaban J connectivity index is 3.00. The van der Waals surface area contributed by atoms with Gasteiger partial charge in [-0.3, -0.25) is 0 Å². The van der Waals surface area contributed by atoms with E-state index >= 15 is 0 Å². The Hall–Kier alpha value is 0.0900. The van der Waals surface area contributed by atoms with Gasteiger partial charge in [0.2, 0.25) is 0 Å². The van der Waals surface area contributed by atoms with Crippen LogP contribution in [-0.2, 0) is 12.8 Å². The molecule has 0 saturated heterocycles. The standard InChI is InChI=1S/C13H17Cl3/c1-3-5-6-7-10-12(15)9(4-2)8-11(14)13(10)16/h8H,3-7H2,1-2H3. The van der Waals surface area contributed by atoms with Crippen LogP contribution in [-0.4, -0.2) is 0 Å². The maximum atomic E-state index is 6.32. The van der Waals surface area contributed by atoms with Crippen LogP contribution in [0.4, 0.5) is 0 Å². The lowest BCUT2D eigenvalue weighted by Crippen LogP contribution is -1.94. The molecule has 1 aromatic carbocycles. The number of rotatable bonds is 5. The van der Waals surface area contributed by atoms with E-state index in [1.54, 1.807) is 0 Å². The smallest absolute Gasteiger partial charge is 0.0639 e. The van der Waals surface area contributed by atoms with Gasteiger partial charge in [0.05, 0.1) is 10.0 Å². The first kappa shape index (κ1) is 14.2. The fraction of sp³-hybridized carbons (Fsp3) is 0.538. The van der Waals surface area contributed by atoms with Crippen molar-refractivity contribution in [3.05, 3.63) is 32.3 Å². The molecule has 16 heavy (non-hydrogen) atoms. The number of hydrogen-bond acceptors (Lipinski definition) is 0. The fourth-order valence-electron chi connectivity index (χ4n) is 1.74. The Bertz CT molecular complexity index is 359. The van der Waals surface area contributed by atoms with Crippen molar-refractivity contribution in [3.63, 3.8) is 0 Å². The SMILES string of the molecule is CCCCCc1c(Cl)c(Cl)cc(CC)c1Cl. The predicted octanol–water partition coefficient (Wildman–Crippen LogP) is 5.94. The molecule has 0 unspecified atom stereocenters. The maximum absolute atomic E-state index is 6.32. The molecule has 0 bridgehead atoms. The molecule has 0 N–H and O–H groups in total. The minimum atomic E-state index is 0.620. The monoisotopic (exact) mass is 278 g/mol. The van der Waals surface area contributed by atoms with Crippen LogP contribution in [0.1, 0.15) is 44.2 Å². The zero-order valence-electron chi connectivity index (χ0n) is 9.75. The molecule has 0 aliphatic heterocycles. The van der Waals surface area contributed by atoms with Crippen LogP contribution in [0.3, 0.4) is 0 Å². The normalized spacial score (nSPS) is 10.8. The Labute approximate surface area is 113 Å². The number of halogens is 3. The van der Waals surface area contributed by atoms with Crippen LogP contribution in [0.2, 0.25) is 15.1 Å². The molecule has 0 spiro atoms. The molecule has 0 nitrogen and oxygen atoms in total. The summed E-state index contributed by atoms with van der Waals surface area (Å²) in [5.41, 5.74) is 2.10. The van der Waals surface area contributed by atoms with Gasteiger partial charge < -0.3 is 0 Å². The van der Waals surface area contributed by atoms with Gasteiger partial charge in [-0.05, 0) is 36.5 Å². The van der Waals surface area contributed by atoms with E-state index in [2.05, 4.69) is 13.8 Å². The third kappa shape index (κ3) is 3.29. The molecular weight excluding hydrogens is 263 g/mol. The van der Waals surface area contributed by atoms with Gasteiger partial charge in [0.15, 0.2) is 0 Å².